The van der Waals surface area contributed by atoms with E-state index >= 15 is 0 Å². The van der Waals surface area contributed by atoms with Crippen molar-refractivity contribution in [2.24, 2.45) is 5.84 Å². The van der Waals surface area contributed by atoms with Crippen molar-refractivity contribution < 1.29 is 9.53 Å². The molecule has 1 heterocycles. The average molecular weight is 354 g/mol. The first-order chi connectivity index (χ1) is 9.99. The molecule has 6 heteroatoms. The van der Waals surface area contributed by atoms with Gasteiger partial charge in [-0.1, -0.05) is 15.9 Å². The maximum absolute atomic E-state index is 10.9. The summed E-state index contributed by atoms with van der Waals surface area (Å²) in [7, 11) is 1.83. The van der Waals surface area contributed by atoms with E-state index in [0.29, 0.717) is 13.2 Å². The number of fused-ring (bicyclic) bond motifs is 1. The van der Waals surface area contributed by atoms with E-state index < -0.39 is 0 Å². The molecular formula is C15H20BrN3O2. The maximum atomic E-state index is 10.9. The molecule has 0 spiro atoms. The van der Waals surface area contributed by atoms with Gasteiger partial charge in [0, 0.05) is 30.6 Å². The summed E-state index contributed by atoms with van der Waals surface area (Å²) in [6, 6.07) is 5.91. The lowest BCUT2D eigenvalue weighted by Gasteiger charge is -2.28. The Bertz CT molecular complexity index is 570. The molecule has 5 nitrogen and oxygen atoms in total. The van der Waals surface area contributed by atoms with Crippen molar-refractivity contribution in [2.45, 2.75) is 19.8 Å². The minimum absolute atomic E-state index is 0.00526. The predicted molar refractivity (Wildman–Crippen MR) is 86.4 cm³/mol. The van der Waals surface area contributed by atoms with Crippen LogP contribution in [-0.2, 0) is 4.79 Å². The number of carbonyl (C=O) groups is 1. The van der Waals surface area contributed by atoms with Gasteiger partial charge in [-0.3, -0.25) is 4.79 Å². The van der Waals surface area contributed by atoms with Crippen molar-refractivity contribution >= 4 is 27.5 Å². The van der Waals surface area contributed by atoms with Crippen molar-refractivity contribution in [2.75, 3.05) is 20.2 Å². The van der Waals surface area contributed by atoms with E-state index in [1.807, 2.05) is 25.2 Å². The number of carbonyl (C=O) groups excluding carboxylic acids is 1. The van der Waals surface area contributed by atoms with Crippen molar-refractivity contribution in [1.29, 1.82) is 0 Å². The molecule has 1 aromatic rings. The highest BCUT2D eigenvalue weighted by Crippen LogP contribution is 2.36. The molecule has 0 atom stereocenters. The van der Waals surface area contributed by atoms with Gasteiger partial charge in [-0.2, -0.15) is 0 Å². The van der Waals surface area contributed by atoms with E-state index in [-0.39, 0.29) is 5.91 Å². The normalized spacial score (nSPS) is 13.5. The predicted octanol–water partition coefficient (Wildman–Crippen LogP) is 2.27. The number of nitrogens with zero attached hydrogens (tertiary/aromatic N) is 1. The molecule has 0 saturated carbocycles. The summed E-state index contributed by atoms with van der Waals surface area (Å²) in [6.07, 6.45) is 1.70. The van der Waals surface area contributed by atoms with E-state index in [9.17, 15) is 4.79 Å². The zero-order chi connectivity index (χ0) is 15.4. The quantitative estimate of drug-likeness (QED) is 0.484. The second-order valence-electron chi connectivity index (χ2n) is 5.08. The fourth-order valence-electron chi connectivity index (χ4n) is 2.43. The standard InChI is InChI=1S/C15H20BrN3O2/c1-10(20)18-7-3-4-11-9-21-14-6-5-12(16)8-13(14)15(11)19(2)17/h5-6,8H,3-4,7,9,17H2,1-2H3,(H,18,20). The number of halogens is 1. The van der Waals surface area contributed by atoms with Crippen LogP contribution in [0, 0.1) is 0 Å². The Labute approximate surface area is 133 Å². The van der Waals surface area contributed by atoms with Crippen LogP contribution < -0.4 is 15.9 Å². The molecule has 0 bridgehead atoms. The first-order valence-corrected chi connectivity index (χ1v) is 7.66. The van der Waals surface area contributed by atoms with E-state index in [2.05, 4.69) is 21.2 Å². The topological polar surface area (TPSA) is 67.6 Å². The molecule has 0 saturated heterocycles. The molecule has 1 aliphatic rings. The first kappa shape index (κ1) is 15.9. The molecule has 1 amide bonds. The monoisotopic (exact) mass is 353 g/mol. The van der Waals surface area contributed by atoms with Gasteiger partial charge in [-0.15, -0.1) is 0 Å². The molecule has 3 N–H and O–H groups in total. The lowest BCUT2D eigenvalue weighted by Crippen LogP contribution is -2.29. The molecule has 0 unspecified atom stereocenters. The van der Waals surface area contributed by atoms with Crippen LogP contribution in [0.3, 0.4) is 0 Å². The van der Waals surface area contributed by atoms with E-state index in [1.165, 1.54) is 6.92 Å². The number of hydrazine groups is 1. The molecule has 21 heavy (non-hydrogen) atoms. The number of rotatable bonds is 5. The smallest absolute Gasteiger partial charge is 0.216 e. The summed E-state index contributed by atoms with van der Waals surface area (Å²) in [5, 5.41) is 4.44. The van der Waals surface area contributed by atoms with Gasteiger partial charge in [-0.05, 0) is 36.6 Å². The van der Waals surface area contributed by atoms with Crippen LogP contribution in [-0.4, -0.2) is 31.1 Å². The largest absolute Gasteiger partial charge is 0.488 e. The Hall–Kier alpha value is -1.53. The molecule has 0 aromatic heterocycles. The molecule has 0 fully saturated rings. The molecule has 114 valence electrons. The fourth-order valence-corrected chi connectivity index (χ4v) is 2.79. The zero-order valence-corrected chi connectivity index (χ0v) is 13.9. The molecule has 1 aromatic carbocycles. The van der Waals surface area contributed by atoms with Gasteiger partial charge in [0.05, 0.1) is 5.70 Å². The third-order valence-electron chi connectivity index (χ3n) is 3.32. The second-order valence-corrected chi connectivity index (χ2v) is 5.99. The summed E-state index contributed by atoms with van der Waals surface area (Å²) < 4.78 is 6.79. The highest BCUT2D eigenvalue weighted by Gasteiger charge is 2.22. The Kier molecular flexibility index (Phi) is 5.25. The van der Waals surface area contributed by atoms with E-state index in [0.717, 1.165) is 39.9 Å². The fraction of sp³-hybridized carbons (Fsp3) is 0.400. The Morgan fingerprint density at radius 3 is 2.95 bits per heavy atom. The van der Waals surface area contributed by atoms with Crippen LogP contribution in [0.2, 0.25) is 0 Å². The molecule has 0 aliphatic carbocycles. The number of ether oxygens (including phenoxy) is 1. The van der Waals surface area contributed by atoms with Crippen LogP contribution >= 0.6 is 15.9 Å². The third-order valence-corrected chi connectivity index (χ3v) is 3.81. The van der Waals surface area contributed by atoms with Gasteiger partial charge in [0.1, 0.15) is 12.4 Å². The summed E-state index contributed by atoms with van der Waals surface area (Å²) >= 11 is 3.48. The average Bonchev–Trinajstić information content (AvgIpc) is 2.42. The zero-order valence-electron chi connectivity index (χ0n) is 12.3. The number of hydrogen-bond acceptors (Lipinski definition) is 4. The molecule has 2 rings (SSSR count). The van der Waals surface area contributed by atoms with Crippen molar-refractivity contribution in [1.82, 2.24) is 10.3 Å². The highest BCUT2D eigenvalue weighted by atomic mass is 79.9. The van der Waals surface area contributed by atoms with Gasteiger partial charge < -0.3 is 15.1 Å². The maximum Gasteiger partial charge on any atom is 0.216 e. The SMILES string of the molecule is CC(=O)NCCCC1=C(N(C)N)c2cc(Br)ccc2OC1. The molecule has 1 aliphatic heterocycles. The van der Waals surface area contributed by atoms with Crippen molar-refractivity contribution in [3.63, 3.8) is 0 Å². The molecule has 0 radical (unpaired) electrons. The van der Waals surface area contributed by atoms with Gasteiger partial charge in [0.2, 0.25) is 5.91 Å². The minimum atomic E-state index is -0.00526. The lowest BCUT2D eigenvalue weighted by molar-refractivity contribution is -0.118. The second kappa shape index (κ2) is 6.95. The van der Waals surface area contributed by atoms with Crippen LogP contribution in [0.25, 0.3) is 5.70 Å². The third kappa shape index (κ3) is 3.98. The van der Waals surface area contributed by atoms with Gasteiger partial charge in [0.15, 0.2) is 0 Å². The van der Waals surface area contributed by atoms with Crippen LogP contribution in [0.5, 0.6) is 5.75 Å². The highest BCUT2D eigenvalue weighted by molar-refractivity contribution is 9.10. The minimum Gasteiger partial charge on any atom is -0.488 e. The summed E-state index contributed by atoms with van der Waals surface area (Å²) in [4.78, 5) is 10.9. The van der Waals surface area contributed by atoms with Gasteiger partial charge >= 0.3 is 0 Å². The Morgan fingerprint density at radius 2 is 2.29 bits per heavy atom. The van der Waals surface area contributed by atoms with Gasteiger partial charge in [-0.25, -0.2) is 5.84 Å². The van der Waals surface area contributed by atoms with Crippen molar-refractivity contribution in [3.8, 4) is 5.75 Å². The van der Waals surface area contributed by atoms with Crippen LogP contribution in [0.4, 0.5) is 0 Å². The number of nitrogens with one attached hydrogen (secondary N) is 1. The number of benzene rings is 1. The van der Waals surface area contributed by atoms with Crippen molar-refractivity contribution in [3.05, 3.63) is 33.8 Å². The Balaban J connectivity index is 2.20. The van der Waals surface area contributed by atoms with E-state index in [4.69, 9.17) is 10.6 Å². The van der Waals surface area contributed by atoms with Crippen LogP contribution in [0.1, 0.15) is 25.3 Å². The number of nitrogens with two attached hydrogens (primary N) is 1. The van der Waals surface area contributed by atoms with Gasteiger partial charge in [0.25, 0.3) is 0 Å². The van der Waals surface area contributed by atoms with E-state index in [1.54, 1.807) is 5.01 Å². The lowest BCUT2D eigenvalue weighted by atomic mass is 9.99. The Morgan fingerprint density at radius 1 is 1.52 bits per heavy atom. The summed E-state index contributed by atoms with van der Waals surface area (Å²) in [6.45, 7) is 2.72. The summed E-state index contributed by atoms with van der Waals surface area (Å²) in [5.41, 5.74) is 3.14. The molecular weight excluding hydrogens is 334 g/mol. The summed E-state index contributed by atoms with van der Waals surface area (Å²) in [5.74, 6) is 6.85. The number of hydrogen-bond donors (Lipinski definition) is 2. The van der Waals surface area contributed by atoms with Crippen LogP contribution in [0.15, 0.2) is 28.2 Å². The number of amides is 1. The first-order valence-electron chi connectivity index (χ1n) is 6.86.